The molecular formula is C21H22N2O4. The third-order valence-corrected chi connectivity index (χ3v) is 4.29. The van der Waals surface area contributed by atoms with E-state index in [9.17, 15) is 14.4 Å². The lowest BCUT2D eigenvalue weighted by atomic mass is 10.1. The van der Waals surface area contributed by atoms with Crippen LogP contribution in [0.2, 0.25) is 0 Å². The van der Waals surface area contributed by atoms with E-state index >= 15 is 0 Å². The van der Waals surface area contributed by atoms with Crippen molar-refractivity contribution < 1.29 is 19.1 Å². The van der Waals surface area contributed by atoms with Gasteiger partial charge in [0.1, 0.15) is 0 Å². The van der Waals surface area contributed by atoms with Gasteiger partial charge in [0, 0.05) is 24.3 Å². The van der Waals surface area contributed by atoms with Crippen LogP contribution < -0.4 is 10.2 Å². The second kappa shape index (κ2) is 8.03. The van der Waals surface area contributed by atoms with Gasteiger partial charge in [-0.2, -0.15) is 0 Å². The number of rotatable bonds is 5. The average molecular weight is 366 g/mol. The fourth-order valence-electron chi connectivity index (χ4n) is 2.96. The zero-order valence-electron chi connectivity index (χ0n) is 15.3. The molecular weight excluding hydrogens is 344 g/mol. The lowest BCUT2D eigenvalue weighted by Gasteiger charge is -2.16. The van der Waals surface area contributed by atoms with Gasteiger partial charge in [0.15, 0.2) is 0 Å². The van der Waals surface area contributed by atoms with Crippen molar-refractivity contribution in [2.24, 2.45) is 5.92 Å². The summed E-state index contributed by atoms with van der Waals surface area (Å²) >= 11 is 0. The van der Waals surface area contributed by atoms with Crippen LogP contribution in [-0.2, 0) is 14.3 Å². The molecule has 27 heavy (non-hydrogen) atoms. The van der Waals surface area contributed by atoms with E-state index in [2.05, 4.69) is 5.32 Å². The first-order chi connectivity index (χ1) is 12.9. The van der Waals surface area contributed by atoms with E-state index in [0.717, 1.165) is 5.69 Å². The smallest absolute Gasteiger partial charge is 0.338 e. The Bertz CT molecular complexity index is 831. The molecule has 1 heterocycles. The van der Waals surface area contributed by atoms with Crippen LogP contribution in [0.1, 0.15) is 30.6 Å². The Hall–Kier alpha value is -3.15. The minimum absolute atomic E-state index is 0.0619. The summed E-state index contributed by atoms with van der Waals surface area (Å²) in [5.41, 5.74) is 1.80. The Morgan fingerprint density at radius 2 is 1.74 bits per heavy atom. The molecule has 0 bridgehead atoms. The topological polar surface area (TPSA) is 75.7 Å². The number of hydrogen-bond acceptors (Lipinski definition) is 4. The number of ether oxygens (including phenoxy) is 1. The first-order valence-electron chi connectivity index (χ1n) is 8.91. The number of carbonyl (C=O) groups excluding carboxylic acids is 3. The van der Waals surface area contributed by atoms with Crippen molar-refractivity contribution in [2.45, 2.75) is 26.4 Å². The van der Waals surface area contributed by atoms with Crippen molar-refractivity contribution in [3.63, 3.8) is 0 Å². The maximum atomic E-state index is 12.5. The number of amides is 2. The quantitative estimate of drug-likeness (QED) is 0.824. The average Bonchev–Trinajstić information content (AvgIpc) is 3.04. The number of nitrogens with zero attached hydrogens (tertiary/aromatic N) is 1. The second-order valence-corrected chi connectivity index (χ2v) is 6.76. The standard InChI is InChI=1S/C21H22N2O4/c1-14(2)27-21(26)15-8-10-17(11-9-15)22-20(25)16-12-19(24)23(13-16)18-6-4-3-5-7-18/h3-11,14,16H,12-13H2,1-2H3,(H,22,25). The van der Waals surface area contributed by atoms with Gasteiger partial charge in [0.05, 0.1) is 17.6 Å². The van der Waals surface area contributed by atoms with Crippen molar-refractivity contribution in [3.05, 3.63) is 60.2 Å². The van der Waals surface area contributed by atoms with Gasteiger partial charge >= 0.3 is 5.97 Å². The molecule has 0 radical (unpaired) electrons. The van der Waals surface area contributed by atoms with Crippen LogP contribution in [0.25, 0.3) is 0 Å². The minimum atomic E-state index is -0.414. The van der Waals surface area contributed by atoms with Gasteiger partial charge in [-0.05, 0) is 50.2 Å². The number of nitrogens with one attached hydrogen (secondary N) is 1. The Labute approximate surface area is 158 Å². The molecule has 1 saturated heterocycles. The highest BCUT2D eigenvalue weighted by molar-refractivity contribution is 6.03. The normalized spacial score (nSPS) is 16.5. The number of esters is 1. The molecule has 1 unspecified atom stereocenters. The SMILES string of the molecule is CC(C)OC(=O)c1ccc(NC(=O)C2CC(=O)N(c3ccccc3)C2)cc1. The van der Waals surface area contributed by atoms with E-state index in [4.69, 9.17) is 4.74 Å². The molecule has 2 amide bonds. The van der Waals surface area contributed by atoms with Gasteiger partial charge in [0.25, 0.3) is 0 Å². The van der Waals surface area contributed by atoms with E-state index in [1.807, 2.05) is 30.3 Å². The molecule has 0 saturated carbocycles. The van der Waals surface area contributed by atoms with Gasteiger partial charge in [-0.25, -0.2) is 4.79 Å². The lowest BCUT2D eigenvalue weighted by Crippen LogP contribution is -2.28. The maximum Gasteiger partial charge on any atom is 0.338 e. The molecule has 0 spiro atoms. The zero-order valence-corrected chi connectivity index (χ0v) is 15.3. The highest BCUT2D eigenvalue weighted by Gasteiger charge is 2.35. The summed E-state index contributed by atoms with van der Waals surface area (Å²) in [7, 11) is 0. The summed E-state index contributed by atoms with van der Waals surface area (Å²) in [5, 5.41) is 2.81. The van der Waals surface area contributed by atoms with Crippen molar-refractivity contribution in [1.82, 2.24) is 0 Å². The highest BCUT2D eigenvalue weighted by atomic mass is 16.5. The summed E-state index contributed by atoms with van der Waals surface area (Å²) in [5.74, 6) is -1.08. The lowest BCUT2D eigenvalue weighted by molar-refractivity contribution is -0.122. The number of carbonyl (C=O) groups is 3. The van der Waals surface area contributed by atoms with Gasteiger partial charge < -0.3 is 15.0 Å². The summed E-state index contributed by atoms with van der Waals surface area (Å²) in [6.07, 6.45) is -0.0103. The number of hydrogen-bond donors (Lipinski definition) is 1. The Morgan fingerprint density at radius 3 is 2.37 bits per heavy atom. The van der Waals surface area contributed by atoms with E-state index in [1.54, 1.807) is 43.0 Å². The maximum absolute atomic E-state index is 12.5. The monoisotopic (exact) mass is 366 g/mol. The predicted octanol–water partition coefficient (Wildman–Crippen LogP) is 3.24. The fraction of sp³-hybridized carbons (Fsp3) is 0.286. The van der Waals surface area contributed by atoms with E-state index in [-0.39, 0.29) is 24.3 Å². The molecule has 0 aromatic heterocycles. The van der Waals surface area contributed by atoms with Gasteiger partial charge in [-0.1, -0.05) is 18.2 Å². The molecule has 6 heteroatoms. The first kappa shape index (κ1) is 18.6. The van der Waals surface area contributed by atoms with E-state index < -0.39 is 11.9 Å². The molecule has 1 N–H and O–H groups in total. The number of anilines is 2. The summed E-state index contributed by atoms with van der Waals surface area (Å²) < 4.78 is 5.13. The van der Waals surface area contributed by atoms with Crippen molar-refractivity contribution in [2.75, 3.05) is 16.8 Å². The molecule has 2 aromatic carbocycles. The molecule has 0 aliphatic carbocycles. The Morgan fingerprint density at radius 1 is 1.07 bits per heavy atom. The molecule has 1 fully saturated rings. The van der Waals surface area contributed by atoms with Crippen molar-refractivity contribution in [1.29, 1.82) is 0 Å². The van der Waals surface area contributed by atoms with Crippen molar-refractivity contribution >= 4 is 29.2 Å². The van der Waals surface area contributed by atoms with E-state index in [1.165, 1.54) is 0 Å². The molecule has 1 atom stereocenters. The third kappa shape index (κ3) is 4.53. The van der Waals surface area contributed by atoms with Gasteiger partial charge in [-0.3, -0.25) is 9.59 Å². The summed E-state index contributed by atoms with van der Waals surface area (Å²) in [6.45, 7) is 3.93. The zero-order chi connectivity index (χ0) is 19.4. The van der Waals surface area contributed by atoms with Crippen LogP contribution in [0.3, 0.4) is 0 Å². The van der Waals surface area contributed by atoms with Gasteiger partial charge in [-0.15, -0.1) is 0 Å². The molecule has 2 aromatic rings. The summed E-state index contributed by atoms with van der Waals surface area (Å²) in [4.78, 5) is 38.3. The largest absolute Gasteiger partial charge is 0.459 e. The Balaban J connectivity index is 1.61. The molecule has 6 nitrogen and oxygen atoms in total. The van der Waals surface area contributed by atoms with Crippen LogP contribution in [0.15, 0.2) is 54.6 Å². The van der Waals surface area contributed by atoms with E-state index in [0.29, 0.717) is 17.8 Å². The highest BCUT2D eigenvalue weighted by Crippen LogP contribution is 2.25. The van der Waals surface area contributed by atoms with Gasteiger partial charge in [0.2, 0.25) is 11.8 Å². The third-order valence-electron chi connectivity index (χ3n) is 4.29. The fourth-order valence-corrected chi connectivity index (χ4v) is 2.96. The van der Waals surface area contributed by atoms with Crippen LogP contribution >= 0.6 is 0 Å². The molecule has 1 aliphatic rings. The predicted molar refractivity (Wildman–Crippen MR) is 103 cm³/mol. The number of para-hydroxylation sites is 1. The van der Waals surface area contributed by atoms with Crippen LogP contribution in [0, 0.1) is 5.92 Å². The van der Waals surface area contributed by atoms with Crippen LogP contribution in [0.5, 0.6) is 0 Å². The number of benzene rings is 2. The minimum Gasteiger partial charge on any atom is -0.459 e. The summed E-state index contributed by atoms with van der Waals surface area (Å²) in [6, 6.07) is 15.8. The Kier molecular flexibility index (Phi) is 5.54. The molecule has 3 rings (SSSR count). The van der Waals surface area contributed by atoms with Crippen LogP contribution in [-0.4, -0.2) is 30.4 Å². The van der Waals surface area contributed by atoms with Crippen molar-refractivity contribution in [3.8, 4) is 0 Å². The second-order valence-electron chi connectivity index (χ2n) is 6.76. The van der Waals surface area contributed by atoms with Crippen LogP contribution in [0.4, 0.5) is 11.4 Å². The molecule has 1 aliphatic heterocycles. The molecule has 140 valence electrons. The first-order valence-corrected chi connectivity index (χ1v) is 8.91.